The van der Waals surface area contributed by atoms with Gasteiger partial charge in [-0.2, -0.15) is 13.2 Å². The van der Waals surface area contributed by atoms with Crippen LogP contribution in [0.5, 0.6) is 0 Å². The third-order valence-electron chi connectivity index (χ3n) is 4.46. The number of fused-ring (bicyclic) bond motifs is 2. The van der Waals surface area contributed by atoms with Gasteiger partial charge in [0.1, 0.15) is 5.82 Å². The van der Waals surface area contributed by atoms with E-state index in [0.29, 0.717) is 28.8 Å². The van der Waals surface area contributed by atoms with Crippen molar-refractivity contribution in [2.75, 3.05) is 0 Å². The minimum atomic E-state index is -4.50. The average Bonchev–Trinajstić information content (AvgIpc) is 3.00. The maximum Gasteiger partial charge on any atom is 0.416 e. The summed E-state index contributed by atoms with van der Waals surface area (Å²) in [5, 5.41) is 0.982. The molecular formula is C19H11Cl2F3N2O. The van der Waals surface area contributed by atoms with Crippen LogP contribution < -0.4 is 5.56 Å². The van der Waals surface area contributed by atoms with Crippen LogP contribution in [-0.4, -0.2) is 9.55 Å². The quantitative estimate of drug-likeness (QED) is 0.518. The summed E-state index contributed by atoms with van der Waals surface area (Å²) in [6.07, 6.45) is -2.14. The summed E-state index contributed by atoms with van der Waals surface area (Å²) < 4.78 is 40.4. The summed E-state index contributed by atoms with van der Waals surface area (Å²) in [6, 6.07) is 8.10. The van der Waals surface area contributed by atoms with Crippen molar-refractivity contribution >= 4 is 45.8 Å². The van der Waals surface area contributed by atoms with Crippen LogP contribution in [0, 0.1) is 0 Å². The average molecular weight is 411 g/mol. The number of aromatic nitrogens is 2. The zero-order valence-corrected chi connectivity index (χ0v) is 15.2. The highest BCUT2D eigenvalue weighted by Crippen LogP contribution is 2.33. The summed E-state index contributed by atoms with van der Waals surface area (Å²) in [6.45, 7) is 0.422. The molecule has 4 rings (SSSR count). The predicted octanol–water partition coefficient (Wildman–Crippen LogP) is 5.67. The van der Waals surface area contributed by atoms with Crippen molar-refractivity contribution in [1.29, 1.82) is 0 Å². The van der Waals surface area contributed by atoms with Crippen LogP contribution in [0.4, 0.5) is 13.2 Å². The summed E-state index contributed by atoms with van der Waals surface area (Å²) in [7, 11) is 0. The molecule has 138 valence electrons. The Morgan fingerprint density at radius 3 is 2.56 bits per heavy atom. The van der Waals surface area contributed by atoms with E-state index in [4.69, 9.17) is 23.2 Å². The van der Waals surface area contributed by atoms with Gasteiger partial charge in [0.25, 0.3) is 5.56 Å². The van der Waals surface area contributed by atoms with Crippen molar-refractivity contribution in [1.82, 2.24) is 9.55 Å². The van der Waals surface area contributed by atoms with E-state index < -0.39 is 11.7 Å². The third kappa shape index (κ3) is 3.24. The standard InChI is InChI=1S/C19H11Cl2F3N2O/c20-14-4-1-10(8-15(14)21)7-11-5-6-26-17(11)25-16-9-12(19(22,23)24)2-3-13(16)18(26)27/h1-4,7-9H,5-6H2/b11-7+. The summed E-state index contributed by atoms with van der Waals surface area (Å²) in [4.78, 5) is 17.0. The number of halogens is 5. The number of benzene rings is 2. The SMILES string of the molecule is O=c1c2ccc(C(F)(F)F)cc2nc2n1CC/C2=C\c1ccc(Cl)c(Cl)c1. The first kappa shape index (κ1) is 18.1. The molecule has 0 atom stereocenters. The van der Waals surface area contributed by atoms with Gasteiger partial charge in [-0.15, -0.1) is 0 Å². The van der Waals surface area contributed by atoms with E-state index in [-0.39, 0.29) is 16.5 Å². The molecule has 3 aromatic rings. The van der Waals surface area contributed by atoms with Crippen molar-refractivity contribution in [3.8, 4) is 0 Å². The Bertz CT molecular complexity index is 1170. The van der Waals surface area contributed by atoms with Crippen molar-refractivity contribution in [3.63, 3.8) is 0 Å². The molecule has 0 fully saturated rings. The Labute approximate surface area is 161 Å². The van der Waals surface area contributed by atoms with Crippen molar-refractivity contribution in [2.24, 2.45) is 0 Å². The van der Waals surface area contributed by atoms with Crippen LogP contribution in [0.15, 0.2) is 41.2 Å². The number of rotatable bonds is 1. The molecule has 0 bridgehead atoms. The van der Waals surface area contributed by atoms with Gasteiger partial charge in [0.15, 0.2) is 0 Å². The molecule has 1 aromatic heterocycles. The fourth-order valence-corrected chi connectivity index (χ4v) is 3.44. The topological polar surface area (TPSA) is 34.9 Å². The normalized spacial score (nSPS) is 15.5. The lowest BCUT2D eigenvalue weighted by atomic mass is 10.1. The lowest BCUT2D eigenvalue weighted by Gasteiger charge is -2.09. The number of allylic oxidation sites excluding steroid dienone is 1. The van der Waals surface area contributed by atoms with E-state index in [0.717, 1.165) is 23.3 Å². The molecule has 0 spiro atoms. The molecule has 27 heavy (non-hydrogen) atoms. The molecule has 0 N–H and O–H groups in total. The molecule has 0 unspecified atom stereocenters. The Morgan fingerprint density at radius 1 is 1.07 bits per heavy atom. The number of alkyl halides is 3. The second-order valence-electron chi connectivity index (χ2n) is 6.22. The third-order valence-corrected chi connectivity index (χ3v) is 5.20. The molecule has 2 aromatic carbocycles. The van der Waals surface area contributed by atoms with Crippen molar-refractivity contribution in [3.05, 3.63) is 73.7 Å². The van der Waals surface area contributed by atoms with Gasteiger partial charge in [0.05, 0.1) is 26.5 Å². The van der Waals surface area contributed by atoms with E-state index in [1.165, 1.54) is 10.6 Å². The fraction of sp³-hybridized carbons (Fsp3) is 0.158. The molecular weight excluding hydrogens is 400 g/mol. The monoisotopic (exact) mass is 410 g/mol. The van der Waals surface area contributed by atoms with E-state index in [2.05, 4.69) is 4.98 Å². The molecule has 0 aliphatic carbocycles. The van der Waals surface area contributed by atoms with Gasteiger partial charge in [-0.05, 0) is 54.0 Å². The van der Waals surface area contributed by atoms with Crippen molar-refractivity contribution < 1.29 is 13.2 Å². The Hall–Kier alpha value is -2.31. The zero-order valence-electron chi connectivity index (χ0n) is 13.6. The highest BCUT2D eigenvalue weighted by atomic mass is 35.5. The lowest BCUT2D eigenvalue weighted by Crippen LogP contribution is -2.21. The predicted molar refractivity (Wildman–Crippen MR) is 100.0 cm³/mol. The van der Waals surface area contributed by atoms with Crippen LogP contribution in [0.1, 0.15) is 23.4 Å². The summed E-state index contributed by atoms with van der Waals surface area (Å²) in [5.41, 5.74) is 0.375. The van der Waals surface area contributed by atoms with Crippen molar-refractivity contribution in [2.45, 2.75) is 19.1 Å². The molecule has 2 heterocycles. The molecule has 0 saturated carbocycles. The lowest BCUT2D eigenvalue weighted by molar-refractivity contribution is -0.137. The summed E-state index contributed by atoms with van der Waals surface area (Å²) >= 11 is 11.9. The van der Waals surface area contributed by atoms with Gasteiger partial charge in [-0.3, -0.25) is 9.36 Å². The van der Waals surface area contributed by atoms with Crippen LogP contribution in [0.2, 0.25) is 10.0 Å². The second kappa shape index (κ2) is 6.39. The smallest absolute Gasteiger partial charge is 0.292 e. The molecule has 8 heteroatoms. The van der Waals surface area contributed by atoms with Gasteiger partial charge in [-0.25, -0.2) is 4.98 Å². The largest absolute Gasteiger partial charge is 0.416 e. The van der Waals surface area contributed by atoms with E-state index in [1.807, 2.05) is 6.08 Å². The first-order valence-electron chi connectivity index (χ1n) is 8.02. The molecule has 0 radical (unpaired) electrons. The number of nitrogens with zero attached hydrogens (tertiary/aromatic N) is 2. The van der Waals surface area contributed by atoms with E-state index in [9.17, 15) is 18.0 Å². The first-order valence-corrected chi connectivity index (χ1v) is 8.77. The minimum absolute atomic E-state index is 0.0306. The van der Waals surface area contributed by atoms with E-state index in [1.54, 1.807) is 18.2 Å². The van der Waals surface area contributed by atoms with Crippen LogP contribution >= 0.6 is 23.2 Å². The first-order chi connectivity index (χ1) is 12.7. The van der Waals surface area contributed by atoms with Crippen LogP contribution in [0.3, 0.4) is 0 Å². The van der Waals surface area contributed by atoms with Gasteiger partial charge in [0, 0.05) is 6.54 Å². The maximum absolute atomic E-state index is 13.0. The highest BCUT2D eigenvalue weighted by molar-refractivity contribution is 6.42. The van der Waals surface area contributed by atoms with Crippen LogP contribution in [0.25, 0.3) is 22.6 Å². The molecule has 0 saturated heterocycles. The zero-order chi connectivity index (χ0) is 19.3. The molecule has 1 aliphatic heterocycles. The second-order valence-corrected chi connectivity index (χ2v) is 7.03. The van der Waals surface area contributed by atoms with Crippen LogP contribution in [-0.2, 0) is 12.7 Å². The number of hydrogen-bond acceptors (Lipinski definition) is 2. The molecule has 3 nitrogen and oxygen atoms in total. The molecule has 1 aliphatic rings. The highest BCUT2D eigenvalue weighted by Gasteiger charge is 2.31. The van der Waals surface area contributed by atoms with E-state index >= 15 is 0 Å². The molecule has 0 amide bonds. The van der Waals surface area contributed by atoms with Gasteiger partial charge < -0.3 is 0 Å². The van der Waals surface area contributed by atoms with Gasteiger partial charge in [0.2, 0.25) is 0 Å². The Balaban J connectivity index is 1.87. The minimum Gasteiger partial charge on any atom is -0.292 e. The number of hydrogen-bond donors (Lipinski definition) is 0. The fourth-order valence-electron chi connectivity index (χ4n) is 3.13. The van der Waals surface area contributed by atoms with Gasteiger partial charge in [-0.1, -0.05) is 29.3 Å². The maximum atomic E-state index is 13.0. The Kier molecular flexibility index (Phi) is 4.28. The summed E-state index contributed by atoms with van der Waals surface area (Å²) in [5.74, 6) is 0.373. The Morgan fingerprint density at radius 2 is 1.85 bits per heavy atom. The van der Waals surface area contributed by atoms with Gasteiger partial charge >= 0.3 is 6.18 Å².